The number of carbonyl (C=O) groups excluding carboxylic acids is 3. The van der Waals surface area contributed by atoms with Crippen LogP contribution >= 0.6 is 0 Å². The predicted octanol–water partition coefficient (Wildman–Crippen LogP) is 0.351. The number of amides is 4. The smallest absolute Gasteiger partial charge is 0.315 e. The van der Waals surface area contributed by atoms with Gasteiger partial charge in [0.2, 0.25) is 11.8 Å². The Bertz CT molecular complexity index is 576. The van der Waals surface area contributed by atoms with Crippen molar-refractivity contribution in [2.24, 2.45) is 5.73 Å². The van der Waals surface area contributed by atoms with Gasteiger partial charge in [-0.3, -0.25) is 9.59 Å². The summed E-state index contributed by atoms with van der Waals surface area (Å²) in [6.45, 7) is 2.46. The highest BCUT2D eigenvalue weighted by Crippen LogP contribution is 2.17. The molecule has 0 spiro atoms. The highest BCUT2D eigenvalue weighted by Gasteiger charge is 2.35. The zero-order valence-corrected chi connectivity index (χ0v) is 13.1. The zero-order chi connectivity index (χ0) is 16.8. The molecule has 4 N–H and O–H groups in total. The van der Waals surface area contributed by atoms with E-state index in [2.05, 4.69) is 10.6 Å². The van der Waals surface area contributed by atoms with Crippen LogP contribution in [0.3, 0.4) is 0 Å². The minimum atomic E-state index is -0.717. The van der Waals surface area contributed by atoms with Gasteiger partial charge in [0.05, 0.1) is 0 Å². The number of benzene rings is 1. The van der Waals surface area contributed by atoms with Gasteiger partial charge in [0.1, 0.15) is 12.1 Å². The van der Waals surface area contributed by atoms with Gasteiger partial charge < -0.3 is 21.3 Å². The standard InChI is InChI=1S/C16H22N4O3/c1-11(15(22)20-9-5-8-13(20)14(17)21)19-16(23)18-10-12-6-3-2-4-7-12/h2-4,6-7,11,13H,5,8-10H2,1H3,(H2,17,21)(H2,18,19,23)/t11?,13-/m0/s1. The van der Waals surface area contributed by atoms with Gasteiger partial charge in [-0.25, -0.2) is 4.79 Å². The fraction of sp³-hybridized carbons (Fsp3) is 0.438. The lowest BCUT2D eigenvalue weighted by Crippen LogP contribution is -2.53. The van der Waals surface area contributed by atoms with Gasteiger partial charge >= 0.3 is 6.03 Å². The van der Waals surface area contributed by atoms with Crippen molar-refractivity contribution in [3.05, 3.63) is 35.9 Å². The number of carbonyl (C=O) groups is 3. The second-order valence-corrected chi connectivity index (χ2v) is 5.63. The second-order valence-electron chi connectivity index (χ2n) is 5.63. The number of nitrogens with one attached hydrogen (secondary N) is 2. The Morgan fingerprint density at radius 1 is 1.30 bits per heavy atom. The summed E-state index contributed by atoms with van der Waals surface area (Å²) in [5.41, 5.74) is 6.27. The topological polar surface area (TPSA) is 105 Å². The second kappa shape index (κ2) is 7.62. The molecule has 0 aliphatic carbocycles. The average Bonchev–Trinajstić information content (AvgIpc) is 3.03. The minimum Gasteiger partial charge on any atom is -0.368 e. The van der Waals surface area contributed by atoms with Crippen molar-refractivity contribution in [2.45, 2.75) is 38.4 Å². The summed E-state index contributed by atoms with van der Waals surface area (Å²) in [4.78, 5) is 37.0. The third kappa shape index (κ3) is 4.45. The van der Waals surface area contributed by atoms with E-state index in [9.17, 15) is 14.4 Å². The van der Waals surface area contributed by atoms with Gasteiger partial charge in [-0.15, -0.1) is 0 Å². The third-order valence-corrected chi connectivity index (χ3v) is 3.88. The number of likely N-dealkylation sites (tertiary alicyclic amines) is 1. The fourth-order valence-electron chi connectivity index (χ4n) is 2.66. The molecule has 23 heavy (non-hydrogen) atoms. The molecule has 1 aliphatic rings. The van der Waals surface area contributed by atoms with Crippen molar-refractivity contribution in [3.63, 3.8) is 0 Å². The molecular weight excluding hydrogens is 296 g/mol. The Morgan fingerprint density at radius 2 is 2.00 bits per heavy atom. The van der Waals surface area contributed by atoms with Crippen molar-refractivity contribution < 1.29 is 14.4 Å². The summed E-state index contributed by atoms with van der Waals surface area (Å²) in [7, 11) is 0. The van der Waals surface area contributed by atoms with Crippen molar-refractivity contribution in [3.8, 4) is 0 Å². The van der Waals surface area contributed by atoms with Crippen LogP contribution in [-0.4, -0.2) is 41.4 Å². The van der Waals surface area contributed by atoms with Gasteiger partial charge in [-0.1, -0.05) is 30.3 Å². The quantitative estimate of drug-likeness (QED) is 0.729. The van der Waals surface area contributed by atoms with Crippen LogP contribution in [0.15, 0.2) is 30.3 Å². The van der Waals surface area contributed by atoms with Crippen LogP contribution in [0, 0.1) is 0 Å². The lowest BCUT2D eigenvalue weighted by Gasteiger charge is -2.25. The van der Waals surface area contributed by atoms with E-state index in [0.717, 1.165) is 12.0 Å². The monoisotopic (exact) mass is 318 g/mol. The van der Waals surface area contributed by atoms with Crippen molar-refractivity contribution in [2.75, 3.05) is 6.54 Å². The molecule has 2 atom stereocenters. The number of urea groups is 1. The van der Waals surface area contributed by atoms with Crippen LogP contribution in [0.2, 0.25) is 0 Å². The fourth-order valence-corrected chi connectivity index (χ4v) is 2.66. The Morgan fingerprint density at radius 3 is 2.65 bits per heavy atom. The molecule has 0 saturated carbocycles. The maximum Gasteiger partial charge on any atom is 0.315 e. The predicted molar refractivity (Wildman–Crippen MR) is 85.2 cm³/mol. The van der Waals surface area contributed by atoms with Gasteiger partial charge in [-0.05, 0) is 25.3 Å². The molecule has 0 radical (unpaired) electrons. The number of nitrogens with zero attached hydrogens (tertiary/aromatic N) is 1. The highest BCUT2D eigenvalue weighted by molar-refractivity contribution is 5.91. The molecule has 1 aliphatic heterocycles. The zero-order valence-electron chi connectivity index (χ0n) is 13.1. The highest BCUT2D eigenvalue weighted by atomic mass is 16.2. The van der Waals surface area contributed by atoms with Gasteiger partial charge in [0.15, 0.2) is 0 Å². The summed E-state index contributed by atoms with van der Waals surface area (Å²) < 4.78 is 0. The average molecular weight is 318 g/mol. The van der Waals surface area contributed by atoms with E-state index < -0.39 is 24.0 Å². The molecule has 0 bridgehead atoms. The van der Waals surface area contributed by atoms with Crippen LogP contribution < -0.4 is 16.4 Å². The Labute approximate surface area is 135 Å². The summed E-state index contributed by atoms with van der Waals surface area (Å²) in [6.07, 6.45) is 1.32. The van der Waals surface area contributed by atoms with E-state index in [1.165, 1.54) is 4.90 Å². The van der Waals surface area contributed by atoms with Crippen LogP contribution in [-0.2, 0) is 16.1 Å². The molecule has 2 rings (SSSR count). The molecule has 124 valence electrons. The molecule has 1 unspecified atom stereocenters. The number of rotatable bonds is 5. The number of nitrogens with two attached hydrogens (primary N) is 1. The number of primary amides is 1. The summed E-state index contributed by atoms with van der Waals surface area (Å²) in [5.74, 6) is -0.794. The first-order chi connectivity index (χ1) is 11.0. The maximum atomic E-state index is 12.3. The first kappa shape index (κ1) is 16.8. The van der Waals surface area contributed by atoms with E-state index in [0.29, 0.717) is 19.5 Å². The lowest BCUT2D eigenvalue weighted by molar-refractivity contribution is -0.138. The SMILES string of the molecule is CC(NC(=O)NCc1ccccc1)C(=O)N1CCC[C@H]1C(N)=O. The summed E-state index contributed by atoms with van der Waals surface area (Å²) >= 11 is 0. The molecule has 1 aromatic rings. The molecule has 0 aromatic heterocycles. The van der Waals surface area contributed by atoms with E-state index in [-0.39, 0.29) is 5.91 Å². The van der Waals surface area contributed by atoms with Gasteiger partial charge in [0, 0.05) is 13.1 Å². The first-order valence-corrected chi connectivity index (χ1v) is 7.67. The molecule has 1 heterocycles. The largest absolute Gasteiger partial charge is 0.368 e. The first-order valence-electron chi connectivity index (χ1n) is 7.67. The maximum absolute atomic E-state index is 12.3. The van der Waals surface area contributed by atoms with Crippen LogP contribution in [0.1, 0.15) is 25.3 Å². The van der Waals surface area contributed by atoms with Crippen LogP contribution in [0.4, 0.5) is 4.79 Å². The molecular formula is C16H22N4O3. The summed E-state index contributed by atoms with van der Waals surface area (Å²) in [5, 5.41) is 5.29. The molecule has 7 heteroatoms. The van der Waals surface area contributed by atoms with Crippen molar-refractivity contribution in [1.29, 1.82) is 0 Å². The minimum absolute atomic E-state index is 0.291. The van der Waals surface area contributed by atoms with Crippen LogP contribution in [0.25, 0.3) is 0 Å². The molecule has 4 amide bonds. The van der Waals surface area contributed by atoms with Crippen molar-refractivity contribution in [1.82, 2.24) is 15.5 Å². The Kier molecular flexibility index (Phi) is 5.56. The van der Waals surface area contributed by atoms with Gasteiger partial charge in [-0.2, -0.15) is 0 Å². The Balaban J connectivity index is 1.83. The Hall–Kier alpha value is -2.57. The molecule has 7 nitrogen and oxygen atoms in total. The molecule has 1 fully saturated rings. The number of hydrogen-bond donors (Lipinski definition) is 3. The third-order valence-electron chi connectivity index (χ3n) is 3.88. The van der Waals surface area contributed by atoms with Crippen molar-refractivity contribution >= 4 is 17.8 Å². The normalized spacial score (nSPS) is 18.3. The molecule has 1 aromatic carbocycles. The summed E-state index contributed by atoms with van der Waals surface area (Å²) in [6, 6.07) is 7.76. The van der Waals surface area contributed by atoms with E-state index in [1.54, 1.807) is 6.92 Å². The lowest BCUT2D eigenvalue weighted by atomic mass is 10.2. The number of hydrogen-bond acceptors (Lipinski definition) is 3. The van der Waals surface area contributed by atoms with E-state index in [1.807, 2.05) is 30.3 Å². The van der Waals surface area contributed by atoms with E-state index >= 15 is 0 Å². The van der Waals surface area contributed by atoms with Crippen LogP contribution in [0.5, 0.6) is 0 Å². The van der Waals surface area contributed by atoms with Gasteiger partial charge in [0.25, 0.3) is 0 Å². The molecule has 1 saturated heterocycles. The van der Waals surface area contributed by atoms with E-state index in [4.69, 9.17) is 5.73 Å².